The van der Waals surface area contributed by atoms with E-state index >= 15 is 0 Å². The summed E-state index contributed by atoms with van der Waals surface area (Å²) in [5.74, 6) is 0.270. The van der Waals surface area contributed by atoms with Gasteiger partial charge in [-0.25, -0.2) is 19.5 Å². The van der Waals surface area contributed by atoms with Crippen molar-refractivity contribution < 1.29 is 42.8 Å². The van der Waals surface area contributed by atoms with Crippen molar-refractivity contribution in [2.24, 2.45) is 0 Å². The molecule has 3 heterocycles. The Morgan fingerprint density at radius 1 is 1.09 bits per heavy atom. The summed E-state index contributed by atoms with van der Waals surface area (Å²) in [6.07, 6.45) is 0.727. The summed E-state index contributed by atoms with van der Waals surface area (Å²) in [6, 6.07) is 5.23. The minimum Gasteiger partial charge on any atom is -0.497 e. The Labute approximate surface area is 248 Å². The van der Waals surface area contributed by atoms with E-state index in [0.717, 1.165) is 32.1 Å². The van der Waals surface area contributed by atoms with E-state index in [0.29, 0.717) is 16.9 Å². The van der Waals surface area contributed by atoms with Crippen LogP contribution in [0.3, 0.4) is 0 Å². The minimum atomic E-state index is -4.33. The largest absolute Gasteiger partial charge is 0.497 e. The average Bonchev–Trinajstić information content (AvgIpc) is 3.55. The first kappa shape index (κ1) is 31.1. The number of esters is 1. The molecule has 1 saturated carbocycles. The zero-order valence-electron chi connectivity index (χ0n) is 24.1. The lowest BCUT2D eigenvalue weighted by Crippen LogP contribution is -2.41. The van der Waals surface area contributed by atoms with E-state index < -0.39 is 50.4 Å². The fraction of sp³-hybridized carbons (Fsp3) is 0.556. The number of hydrogen-bond acceptors (Lipinski definition) is 13. The molecule has 5 rings (SSSR count). The second-order valence-electron chi connectivity index (χ2n) is 10.7. The third kappa shape index (κ3) is 6.92. The number of anilines is 1. The van der Waals surface area contributed by atoms with Gasteiger partial charge in [0.2, 0.25) is 0 Å². The number of rotatable bonds is 11. The topological polar surface area (TPSA) is 202 Å². The van der Waals surface area contributed by atoms with Gasteiger partial charge >= 0.3 is 13.7 Å². The summed E-state index contributed by atoms with van der Waals surface area (Å²) in [4.78, 5) is 25.2. The zero-order valence-corrected chi connectivity index (χ0v) is 25.0. The van der Waals surface area contributed by atoms with Gasteiger partial charge in [0.1, 0.15) is 53.8 Å². The normalized spacial score (nSPS) is 25.6. The molecule has 2 aromatic heterocycles. The molecule has 0 bridgehead atoms. The molecule has 0 radical (unpaired) electrons. The Kier molecular flexibility index (Phi) is 9.49. The molecule has 234 valence electrons. The number of ether oxygens (including phenoxy) is 3. The third-order valence-corrected chi connectivity index (χ3v) is 9.29. The van der Waals surface area contributed by atoms with Gasteiger partial charge < -0.3 is 34.7 Å². The molecule has 1 saturated heterocycles. The molecule has 1 aliphatic carbocycles. The Hall–Kier alpha value is -3.33. The number of nitrogens with two attached hydrogens (primary N) is 1. The predicted molar refractivity (Wildman–Crippen MR) is 153 cm³/mol. The van der Waals surface area contributed by atoms with E-state index in [1.807, 2.05) is 0 Å². The number of carbonyl (C=O) groups excluding carboxylic acids is 1. The lowest BCUT2D eigenvalue weighted by Gasteiger charge is -2.29. The van der Waals surface area contributed by atoms with Crippen LogP contribution in [0.25, 0.3) is 11.2 Å². The van der Waals surface area contributed by atoms with E-state index in [1.54, 1.807) is 12.1 Å². The Morgan fingerprint density at radius 3 is 2.49 bits per heavy atom. The van der Waals surface area contributed by atoms with Gasteiger partial charge in [0.25, 0.3) is 0 Å². The average molecular weight is 621 g/mol. The molecule has 0 spiro atoms. The lowest BCUT2D eigenvalue weighted by atomic mass is 9.98. The van der Waals surface area contributed by atoms with Gasteiger partial charge in [-0.05, 0) is 63.8 Å². The number of aliphatic hydroxyl groups excluding tert-OH is 2. The molecule has 7 atom stereocenters. The SMILES string of the molecule is COc1ccc(OP(=O)(NC(C)C(=O)OC2CCCCC2)OC(C)C2OC(n3cnc4c(N)ncnc43)[C@H](O)[C@@H]2O)cc1. The molecular formula is C27H37N6O9P. The maximum Gasteiger partial charge on any atom is 0.459 e. The van der Waals surface area contributed by atoms with Crippen LogP contribution in [-0.2, 0) is 23.4 Å². The molecule has 43 heavy (non-hydrogen) atoms. The molecule has 2 aliphatic rings. The van der Waals surface area contributed by atoms with Crippen LogP contribution in [0, 0.1) is 0 Å². The van der Waals surface area contributed by atoms with E-state index in [-0.39, 0.29) is 17.7 Å². The molecule has 5 N–H and O–H groups in total. The van der Waals surface area contributed by atoms with Crippen LogP contribution in [0.2, 0.25) is 0 Å². The Morgan fingerprint density at radius 2 is 1.79 bits per heavy atom. The van der Waals surface area contributed by atoms with Gasteiger partial charge in [-0.1, -0.05) is 6.42 Å². The van der Waals surface area contributed by atoms with Gasteiger partial charge in [-0.3, -0.25) is 13.9 Å². The number of hydrogen-bond donors (Lipinski definition) is 4. The van der Waals surface area contributed by atoms with Crippen molar-refractivity contribution in [2.45, 2.75) is 88.7 Å². The highest BCUT2D eigenvalue weighted by Crippen LogP contribution is 2.48. The molecule has 3 aromatic rings. The number of nitrogens with one attached hydrogen (secondary N) is 1. The maximum absolute atomic E-state index is 14.2. The number of carbonyl (C=O) groups is 1. The van der Waals surface area contributed by atoms with Crippen LogP contribution in [0.5, 0.6) is 11.5 Å². The number of methoxy groups -OCH3 is 1. The quantitative estimate of drug-likeness (QED) is 0.180. The smallest absolute Gasteiger partial charge is 0.459 e. The van der Waals surface area contributed by atoms with Crippen LogP contribution in [0.1, 0.15) is 52.2 Å². The van der Waals surface area contributed by atoms with Crippen LogP contribution < -0.4 is 20.1 Å². The summed E-state index contributed by atoms with van der Waals surface area (Å²) < 4.78 is 44.1. The molecule has 1 aromatic carbocycles. The first-order valence-corrected chi connectivity index (χ1v) is 15.7. The van der Waals surface area contributed by atoms with Gasteiger partial charge in [0.15, 0.2) is 17.7 Å². The highest BCUT2D eigenvalue weighted by molar-refractivity contribution is 7.52. The molecule has 1 aliphatic heterocycles. The second kappa shape index (κ2) is 13.1. The standard InChI is InChI=1S/C27H37N6O9P/c1-15(27(36)39-18-7-5-4-6-8-18)32-43(37,42-19-11-9-17(38-3)10-12-19)41-16(2)23-21(34)22(35)26(40-23)33-14-31-20-24(28)29-13-30-25(20)33/h9-16,18,21-23,26,34-35H,4-8H2,1-3H3,(H,32,37)(H2,28,29,30)/t15?,16?,21-,22+,23?,26?,43?/m0/s1. The van der Waals surface area contributed by atoms with Gasteiger partial charge in [-0.15, -0.1) is 0 Å². The molecule has 15 nitrogen and oxygen atoms in total. The van der Waals surface area contributed by atoms with Crippen LogP contribution in [-0.4, -0.2) is 79.4 Å². The maximum atomic E-state index is 14.2. The van der Waals surface area contributed by atoms with E-state index in [9.17, 15) is 19.6 Å². The summed E-state index contributed by atoms with van der Waals surface area (Å²) in [5, 5.41) is 24.5. The molecule has 2 fully saturated rings. The first-order valence-electron chi connectivity index (χ1n) is 14.1. The summed E-state index contributed by atoms with van der Waals surface area (Å²) >= 11 is 0. The number of aromatic nitrogens is 4. The first-order chi connectivity index (χ1) is 20.6. The lowest BCUT2D eigenvalue weighted by molar-refractivity contribution is -0.152. The van der Waals surface area contributed by atoms with Gasteiger partial charge in [0, 0.05) is 0 Å². The van der Waals surface area contributed by atoms with Crippen molar-refractivity contribution >= 4 is 30.7 Å². The highest BCUT2D eigenvalue weighted by Gasteiger charge is 2.49. The third-order valence-electron chi connectivity index (χ3n) is 7.53. The van der Waals surface area contributed by atoms with E-state index in [1.165, 1.54) is 50.3 Å². The fourth-order valence-corrected chi connectivity index (χ4v) is 6.92. The van der Waals surface area contributed by atoms with Crippen molar-refractivity contribution in [3.05, 3.63) is 36.9 Å². The number of aliphatic hydroxyl groups is 2. The monoisotopic (exact) mass is 620 g/mol. The summed E-state index contributed by atoms with van der Waals surface area (Å²) in [7, 11) is -2.82. The van der Waals surface area contributed by atoms with Crippen molar-refractivity contribution in [1.82, 2.24) is 24.6 Å². The number of benzene rings is 1. The Bertz CT molecular complexity index is 1450. The zero-order chi connectivity index (χ0) is 30.7. The molecule has 5 unspecified atom stereocenters. The van der Waals surface area contributed by atoms with Crippen molar-refractivity contribution in [1.29, 1.82) is 0 Å². The number of nitrogens with zero attached hydrogens (tertiary/aromatic N) is 4. The summed E-state index contributed by atoms with van der Waals surface area (Å²) in [5.41, 5.74) is 6.47. The number of fused-ring (bicyclic) bond motifs is 1. The van der Waals surface area contributed by atoms with Crippen molar-refractivity contribution in [3.63, 3.8) is 0 Å². The van der Waals surface area contributed by atoms with Gasteiger partial charge in [-0.2, -0.15) is 5.09 Å². The van der Waals surface area contributed by atoms with Crippen molar-refractivity contribution in [3.8, 4) is 11.5 Å². The molecule has 16 heteroatoms. The van der Waals surface area contributed by atoms with E-state index in [2.05, 4.69) is 20.0 Å². The van der Waals surface area contributed by atoms with Crippen LogP contribution >= 0.6 is 7.75 Å². The van der Waals surface area contributed by atoms with Crippen LogP contribution in [0.15, 0.2) is 36.9 Å². The molecular weight excluding hydrogens is 583 g/mol. The summed E-state index contributed by atoms with van der Waals surface area (Å²) in [6.45, 7) is 3.01. The Balaban J connectivity index is 1.33. The van der Waals surface area contributed by atoms with Crippen molar-refractivity contribution in [2.75, 3.05) is 12.8 Å². The van der Waals surface area contributed by atoms with Crippen LogP contribution in [0.4, 0.5) is 5.82 Å². The predicted octanol–water partition coefficient (Wildman–Crippen LogP) is 2.48. The minimum absolute atomic E-state index is 0.142. The van der Waals surface area contributed by atoms with E-state index in [4.69, 9.17) is 29.0 Å². The number of nitrogen functional groups attached to an aromatic ring is 1. The van der Waals surface area contributed by atoms with Gasteiger partial charge in [0.05, 0.1) is 19.5 Å². The highest BCUT2D eigenvalue weighted by atomic mass is 31.2. The second-order valence-corrected chi connectivity index (χ2v) is 12.3. The number of imidazole rings is 1. The molecule has 0 amide bonds. The fourth-order valence-electron chi connectivity index (χ4n) is 5.23.